The van der Waals surface area contributed by atoms with Gasteiger partial charge in [-0.05, 0) is 31.5 Å². The van der Waals surface area contributed by atoms with E-state index in [0.29, 0.717) is 30.3 Å². The number of rotatable bonds is 5. The summed E-state index contributed by atoms with van der Waals surface area (Å²) in [7, 11) is 0. The largest absolute Gasteiger partial charge is 0.392 e. The molecule has 1 aliphatic heterocycles. The van der Waals surface area contributed by atoms with Gasteiger partial charge in [0, 0.05) is 25.2 Å². The van der Waals surface area contributed by atoms with Crippen LogP contribution in [0.3, 0.4) is 0 Å². The van der Waals surface area contributed by atoms with Gasteiger partial charge >= 0.3 is 0 Å². The van der Waals surface area contributed by atoms with Crippen LogP contribution in [0.15, 0.2) is 30.5 Å². The molecule has 2 N–H and O–H groups in total. The third kappa shape index (κ3) is 4.20. The van der Waals surface area contributed by atoms with Gasteiger partial charge in [-0.25, -0.2) is 9.37 Å². The van der Waals surface area contributed by atoms with E-state index in [2.05, 4.69) is 25.4 Å². The summed E-state index contributed by atoms with van der Waals surface area (Å²) in [6, 6.07) is 6.46. The summed E-state index contributed by atoms with van der Waals surface area (Å²) in [6.45, 7) is 3.14. The van der Waals surface area contributed by atoms with Gasteiger partial charge in [-0.3, -0.25) is 4.90 Å². The van der Waals surface area contributed by atoms with Crippen LogP contribution < -0.4 is 5.32 Å². The highest BCUT2D eigenvalue weighted by Gasteiger charge is 2.17. The Bertz CT molecular complexity index is 654. The van der Waals surface area contributed by atoms with Crippen LogP contribution in [0.2, 0.25) is 0 Å². The van der Waals surface area contributed by atoms with Gasteiger partial charge < -0.3 is 10.4 Å². The number of benzene rings is 1. The lowest BCUT2D eigenvalue weighted by Crippen LogP contribution is -2.40. The molecule has 1 saturated heterocycles. The number of anilines is 1. The molecule has 1 aromatic carbocycles. The molecule has 3 rings (SSSR count). The van der Waals surface area contributed by atoms with Gasteiger partial charge in [0.05, 0.1) is 18.0 Å². The van der Waals surface area contributed by atoms with Crippen LogP contribution in [0.4, 0.5) is 10.3 Å². The second kappa shape index (κ2) is 7.43. The van der Waals surface area contributed by atoms with Crippen molar-refractivity contribution in [2.75, 3.05) is 31.5 Å². The van der Waals surface area contributed by atoms with Crippen LogP contribution in [0, 0.1) is 5.82 Å². The summed E-state index contributed by atoms with van der Waals surface area (Å²) < 4.78 is 13.8. The topological polar surface area (TPSA) is 74.2 Å². The minimum Gasteiger partial charge on any atom is -0.392 e. The first-order valence-corrected chi connectivity index (χ1v) is 7.81. The molecule has 2 aromatic rings. The fraction of sp³-hybridized carbons (Fsp3) is 0.438. The monoisotopic (exact) mass is 317 g/mol. The molecule has 1 fully saturated rings. The number of aliphatic hydroxyl groups excluding tert-OH is 1. The van der Waals surface area contributed by atoms with Gasteiger partial charge in [-0.15, -0.1) is 5.10 Å². The molecule has 1 aromatic heterocycles. The molecule has 1 unspecified atom stereocenters. The van der Waals surface area contributed by atoms with Crippen LogP contribution in [0.1, 0.15) is 12.8 Å². The maximum atomic E-state index is 13.8. The van der Waals surface area contributed by atoms with Gasteiger partial charge in [-0.1, -0.05) is 12.1 Å². The Hall–Kier alpha value is -2.12. The minimum atomic E-state index is -0.332. The number of halogens is 1. The number of hydrogen-bond donors (Lipinski definition) is 2. The van der Waals surface area contributed by atoms with E-state index >= 15 is 0 Å². The third-order valence-electron chi connectivity index (χ3n) is 3.90. The smallest absolute Gasteiger partial charge is 0.243 e. The second-order valence-electron chi connectivity index (χ2n) is 5.67. The number of aromatic nitrogens is 3. The number of likely N-dealkylation sites (tertiary alicyclic amines) is 1. The van der Waals surface area contributed by atoms with Gasteiger partial charge in [0.15, 0.2) is 0 Å². The van der Waals surface area contributed by atoms with Gasteiger partial charge in [0.25, 0.3) is 0 Å². The Labute approximate surface area is 134 Å². The number of nitrogens with zero attached hydrogens (tertiary/aromatic N) is 4. The number of β-amino-alcohol motifs (C(OH)–C–C–N with tert-alkyl or cyclic N) is 1. The van der Waals surface area contributed by atoms with Crippen molar-refractivity contribution >= 4 is 5.95 Å². The SMILES string of the molecule is OC1CCCN(CCNc2nncc(-c3ccccc3F)n2)C1. The zero-order chi connectivity index (χ0) is 16.1. The van der Waals surface area contributed by atoms with E-state index in [0.717, 1.165) is 25.9 Å². The highest BCUT2D eigenvalue weighted by molar-refractivity contribution is 5.59. The molecule has 0 radical (unpaired) electrons. The van der Waals surface area contributed by atoms with E-state index in [-0.39, 0.29) is 11.9 Å². The van der Waals surface area contributed by atoms with Crippen molar-refractivity contribution in [3.63, 3.8) is 0 Å². The molecule has 7 heteroatoms. The number of hydrogen-bond acceptors (Lipinski definition) is 6. The van der Waals surface area contributed by atoms with Crippen molar-refractivity contribution in [2.24, 2.45) is 0 Å². The summed E-state index contributed by atoms with van der Waals surface area (Å²) >= 11 is 0. The summed E-state index contributed by atoms with van der Waals surface area (Å²) in [5.41, 5.74) is 0.860. The summed E-state index contributed by atoms with van der Waals surface area (Å²) in [5, 5.41) is 20.6. The molecule has 0 amide bonds. The van der Waals surface area contributed by atoms with Crippen LogP contribution in [0.25, 0.3) is 11.3 Å². The van der Waals surface area contributed by atoms with Crippen molar-refractivity contribution in [3.8, 4) is 11.3 Å². The van der Waals surface area contributed by atoms with E-state index in [1.54, 1.807) is 18.2 Å². The normalized spacial score (nSPS) is 18.8. The Morgan fingerprint density at radius 3 is 3.04 bits per heavy atom. The van der Waals surface area contributed by atoms with E-state index in [9.17, 15) is 9.50 Å². The first-order valence-electron chi connectivity index (χ1n) is 7.81. The van der Waals surface area contributed by atoms with Crippen molar-refractivity contribution in [2.45, 2.75) is 18.9 Å². The van der Waals surface area contributed by atoms with Crippen molar-refractivity contribution in [1.82, 2.24) is 20.1 Å². The minimum absolute atomic E-state index is 0.231. The first-order chi connectivity index (χ1) is 11.2. The zero-order valence-corrected chi connectivity index (χ0v) is 12.8. The number of nitrogens with one attached hydrogen (secondary N) is 1. The zero-order valence-electron chi connectivity index (χ0n) is 12.8. The Kier molecular flexibility index (Phi) is 5.09. The molecule has 0 spiro atoms. The van der Waals surface area contributed by atoms with Gasteiger partial charge in [-0.2, -0.15) is 5.10 Å². The van der Waals surface area contributed by atoms with Crippen molar-refractivity contribution in [1.29, 1.82) is 0 Å². The first kappa shape index (κ1) is 15.8. The molecule has 1 atom stereocenters. The van der Waals surface area contributed by atoms with E-state index in [4.69, 9.17) is 0 Å². The third-order valence-corrected chi connectivity index (χ3v) is 3.90. The second-order valence-corrected chi connectivity index (χ2v) is 5.67. The molecule has 1 aliphatic rings. The maximum Gasteiger partial charge on any atom is 0.243 e. The maximum absolute atomic E-state index is 13.8. The molecule has 122 valence electrons. The summed E-state index contributed by atoms with van der Waals surface area (Å²) in [6.07, 6.45) is 3.11. The lowest BCUT2D eigenvalue weighted by atomic mass is 10.1. The Balaban J connectivity index is 1.59. The van der Waals surface area contributed by atoms with E-state index in [1.807, 2.05) is 0 Å². The molecule has 6 nitrogen and oxygen atoms in total. The lowest BCUT2D eigenvalue weighted by Gasteiger charge is -2.29. The quantitative estimate of drug-likeness (QED) is 0.871. The predicted octanol–water partition coefficient (Wildman–Crippen LogP) is 1.55. The van der Waals surface area contributed by atoms with E-state index in [1.165, 1.54) is 12.3 Å². The molecular formula is C16H20FN5O. The Morgan fingerprint density at radius 1 is 1.35 bits per heavy atom. The van der Waals surface area contributed by atoms with Crippen LogP contribution >= 0.6 is 0 Å². The van der Waals surface area contributed by atoms with Crippen molar-refractivity contribution < 1.29 is 9.50 Å². The summed E-state index contributed by atoms with van der Waals surface area (Å²) in [4.78, 5) is 6.51. The van der Waals surface area contributed by atoms with Crippen LogP contribution in [-0.2, 0) is 0 Å². The fourth-order valence-corrected chi connectivity index (χ4v) is 2.74. The van der Waals surface area contributed by atoms with Crippen LogP contribution in [-0.4, -0.2) is 57.5 Å². The predicted molar refractivity (Wildman–Crippen MR) is 85.4 cm³/mol. The average molecular weight is 317 g/mol. The average Bonchev–Trinajstić information content (AvgIpc) is 2.56. The molecule has 0 aliphatic carbocycles. The number of piperidine rings is 1. The fourth-order valence-electron chi connectivity index (χ4n) is 2.74. The molecule has 0 bridgehead atoms. The highest BCUT2D eigenvalue weighted by atomic mass is 19.1. The Morgan fingerprint density at radius 2 is 2.22 bits per heavy atom. The van der Waals surface area contributed by atoms with Gasteiger partial charge in [0.1, 0.15) is 5.82 Å². The van der Waals surface area contributed by atoms with Gasteiger partial charge in [0.2, 0.25) is 5.95 Å². The molecule has 2 heterocycles. The number of aliphatic hydroxyl groups is 1. The standard InChI is InChI=1S/C16H20FN5O/c17-14-6-2-1-5-13(14)15-10-19-21-16(20-15)18-7-9-22-8-3-4-12(23)11-22/h1-2,5-6,10,12,23H,3-4,7-9,11H2,(H,18,20,21). The highest BCUT2D eigenvalue weighted by Crippen LogP contribution is 2.19. The van der Waals surface area contributed by atoms with Crippen LogP contribution in [0.5, 0.6) is 0 Å². The van der Waals surface area contributed by atoms with E-state index < -0.39 is 0 Å². The summed E-state index contributed by atoms with van der Waals surface area (Å²) in [5.74, 6) is 0.0459. The van der Waals surface area contributed by atoms with Crippen molar-refractivity contribution in [3.05, 3.63) is 36.3 Å². The molecule has 0 saturated carbocycles. The molecule has 23 heavy (non-hydrogen) atoms. The lowest BCUT2D eigenvalue weighted by molar-refractivity contribution is 0.0730. The molecular weight excluding hydrogens is 297 g/mol.